The van der Waals surface area contributed by atoms with Crippen LogP contribution in [0.15, 0.2) is 12.1 Å². The fourth-order valence-corrected chi connectivity index (χ4v) is 1.55. The maximum absolute atomic E-state index is 13.1. The molecule has 1 N–H and O–H groups in total. The summed E-state index contributed by atoms with van der Waals surface area (Å²) in [6.07, 6.45) is 0.0711. The lowest BCUT2D eigenvalue weighted by Crippen LogP contribution is -2.04. The van der Waals surface area contributed by atoms with Gasteiger partial charge in [-0.15, -0.1) is 0 Å². The van der Waals surface area contributed by atoms with Crippen LogP contribution in [0.2, 0.25) is 5.02 Å². The van der Waals surface area contributed by atoms with Crippen molar-refractivity contribution in [1.82, 2.24) is 0 Å². The molecule has 0 heterocycles. The van der Waals surface area contributed by atoms with Crippen molar-refractivity contribution in [2.24, 2.45) is 0 Å². The van der Waals surface area contributed by atoms with Crippen LogP contribution in [0.25, 0.3) is 0 Å². The monoisotopic (exact) mass is 202 g/mol. The molecule has 72 valence electrons. The summed E-state index contributed by atoms with van der Waals surface area (Å²) in [6.45, 7) is 3.35. The Morgan fingerprint density at radius 3 is 2.62 bits per heavy atom. The van der Waals surface area contributed by atoms with Crippen molar-refractivity contribution in [2.75, 3.05) is 0 Å². The largest absolute Gasteiger partial charge is 0.393 e. The molecule has 0 aliphatic heterocycles. The van der Waals surface area contributed by atoms with Gasteiger partial charge in [-0.2, -0.15) is 0 Å². The molecule has 0 bridgehead atoms. The van der Waals surface area contributed by atoms with Gasteiger partial charge in [0.05, 0.1) is 11.1 Å². The average Bonchev–Trinajstić information content (AvgIpc) is 1.98. The third-order valence-corrected chi connectivity index (χ3v) is 2.08. The zero-order chi connectivity index (χ0) is 10.0. The summed E-state index contributed by atoms with van der Waals surface area (Å²) in [5, 5.41) is 9.24. The lowest BCUT2D eigenvalue weighted by atomic mass is 10.1. The smallest absolute Gasteiger partial charge is 0.144 e. The number of aryl methyl sites for hydroxylation is 1. The molecule has 0 aromatic heterocycles. The lowest BCUT2D eigenvalue weighted by Gasteiger charge is -2.07. The minimum Gasteiger partial charge on any atom is -0.393 e. The van der Waals surface area contributed by atoms with Crippen molar-refractivity contribution < 1.29 is 9.50 Å². The Labute approximate surface area is 82.2 Å². The first kappa shape index (κ1) is 10.5. The van der Waals surface area contributed by atoms with E-state index in [2.05, 4.69) is 0 Å². The van der Waals surface area contributed by atoms with Crippen LogP contribution < -0.4 is 0 Å². The summed E-state index contributed by atoms with van der Waals surface area (Å²) in [5.41, 5.74) is 1.38. The zero-order valence-electron chi connectivity index (χ0n) is 7.64. The third-order valence-electron chi connectivity index (χ3n) is 1.80. The summed E-state index contributed by atoms with van der Waals surface area (Å²) in [7, 11) is 0. The first-order valence-electron chi connectivity index (χ1n) is 4.13. The van der Waals surface area contributed by atoms with Crippen LogP contribution in [0.3, 0.4) is 0 Å². The Kier molecular flexibility index (Phi) is 3.28. The summed E-state index contributed by atoms with van der Waals surface area (Å²) in [4.78, 5) is 0. The predicted molar refractivity (Wildman–Crippen MR) is 51.5 cm³/mol. The van der Waals surface area contributed by atoms with Crippen LogP contribution >= 0.6 is 11.6 Å². The molecule has 0 spiro atoms. The number of benzene rings is 1. The van der Waals surface area contributed by atoms with Gasteiger partial charge < -0.3 is 5.11 Å². The van der Waals surface area contributed by atoms with Gasteiger partial charge in [0, 0.05) is 0 Å². The predicted octanol–water partition coefficient (Wildman–Crippen LogP) is 2.71. The van der Waals surface area contributed by atoms with Gasteiger partial charge in [0.25, 0.3) is 0 Å². The van der Waals surface area contributed by atoms with E-state index in [9.17, 15) is 4.39 Å². The fraction of sp³-hybridized carbons (Fsp3) is 0.400. The van der Waals surface area contributed by atoms with Gasteiger partial charge in [-0.05, 0) is 37.5 Å². The second kappa shape index (κ2) is 4.07. The fourth-order valence-electron chi connectivity index (χ4n) is 1.26. The van der Waals surface area contributed by atoms with Gasteiger partial charge in [-0.25, -0.2) is 4.39 Å². The number of halogens is 2. The summed E-state index contributed by atoms with van der Waals surface area (Å²) >= 11 is 5.65. The molecule has 1 aromatic rings. The van der Waals surface area contributed by atoms with Gasteiger partial charge in [-0.3, -0.25) is 0 Å². The minimum absolute atomic E-state index is 0.121. The Hall–Kier alpha value is -0.600. The van der Waals surface area contributed by atoms with E-state index in [1.807, 2.05) is 0 Å². The Balaban J connectivity index is 2.99. The molecule has 1 aromatic carbocycles. The highest BCUT2D eigenvalue weighted by molar-refractivity contribution is 6.30. The molecule has 1 atom stereocenters. The molecule has 0 amide bonds. The summed E-state index contributed by atoms with van der Waals surface area (Å²) in [6, 6.07) is 3.25. The second-order valence-electron chi connectivity index (χ2n) is 3.26. The number of rotatable bonds is 2. The van der Waals surface area contributed by atoms with E-state index in [1.54, 1.807) is 26.0 Å². The van der Waals surface area contributed by atoms with E-state index < -0.39 is 6.10 Å². The van der Waals surface area contributed by atoms with E-state index in [0.717, 1.165) is 5.56 Å². The number of hydrogen-bond acceptors (Lipinski definition) is 1. The van der Waals surface area contributed by atoms with E-state index in [-0.39, 0.29) is 10.8 Å². The maximum Gasteiger partial charge on any atom is 0.144 e. The molecule has 0 aliphatic carbocycles. The molecule has 0 saturated carbocycles. The van der Waals surface area contributed by atoms with Crippen molar-refractivity contribution in [1.29, 1.82) is 0 Å². The molecule has 1 unspecified atom stereocenters. The normalized spacial score (nSPS) is 13.0. The SMILES string of the molecule is Cc1cc(CC(C)O)cc(Cl)c1F. The Morgan fingerprint density at radius 2 is 2.15 bits per heavy atom. The van der Waals surface area contributed by atoms with Gasteiger partial charge in [0.15, 0.2) is 0 Å². The molecule has 1 nitrogen and oxygen atoms in total. The lowest BCUT2D eigenvalue weighted by molar-refractivity contribution is 0.195. The van der Waals surface area contributed by atoms with E-state index in [4.69, 9.17) is 16.7 Å². The van der Waals surface area contributed by atoms with E-state index >= 15 is 0 Å². The van der Waals surface area contributed by atoms with Crippen molar-refractivity contribution in [3.05, 3.63) is 34.1 Å². The van der Waals surface area contributed by atoms with Crippen LogP contribution in [0.5, 0.6) is 0 Å². The highest BCUT2D eigenvalue weighted by atomic mass is 35.5. The quantitative estimate of drug-likeness (QED) is 0.782. The summed E-state index contributed by atoms with van der Waals surface area (Å²) < 4.78 is 13.1. The van der Waals surface area contributed by atoms with E-state index in [1.165, 1.54) is 0 Å². The van der Waals surface area contributed by atoms with Gasteiger partial charge in [-0.1, -0.05) is 17.7 Å². The molecule has 3 heteroatoms. The topological polar surface area (TPSA) is 20.2 Å². The zero-order valence-corrected chi connectivity index (χ0v) is 8.40. The standard InChI is InChI=1S/C10H12ClFO/c1-6-3-8(4-7(2)13)5-9(11)10(6)12/h3,5,7,13H,4H2,1-2H3. The first-order chi connectivity index (χ1) is 6.00. The van der Waals surface area contributed by atoms with Gasteiger partial charge in [0.2, 0.25) is 0 Å². The molecular weight excluding hydrogens is 191 g/mol. The minimum atomic E-state index is -0.430. The second-order valence-corrected chi connectivity index (χ2v) is 3.67. The van der Waals surface area contributed by atoms with E-state index in [0.29, 0.717) is 12.0 Å². The highest BCUT2D eigenvalue weighted by Crippen LogP contribution is 2.20. The van der Waals surface area contributed by atoms with Crippen LogP contribution in [0.4, 0.5) is 4.39 Å². The number of aliphatic hydroxyl groups excluding tert-OH is 1. The average molecular weight is 203 g/mol. The molecule has 0 saturated heterocycles. The number of aliphatic hydroxyl groups is 1. The number of hydrogen-bond donors (Lipinski definition) is 1. The molecule has 0 fully saturated rings. The maximum atomic E-state index is 13.1. The molecule has 13 heavy (non-hydrogen) atoms. The van der Waals surface area contributed by atoms with Crippen LogP contribution in [-0.4, -0.2) is 11.2 Å². The van der Waals surface area contributed by atoms with Crippen LogP contribution in [0.1, 0.15) is 18.1 Å². The molecular formula is C10H12ClFO. The Bertz CT molecular complexity index is 287. The third kappa shape index (κ3) is 2.68. The molecule has 1 rings (SSSR count). The first-order valence-corrected chi connectivity index (χ1v) is 4.51. The van der Waals surface area contributed by atoms with Crippen molar-refractivity contribution in [3.8, 4) is 0 Å². The highest BCUT2D eigenvalue weighted by Gasteiger charge is 2.07. The van der Waals surface area contributed by atoms with Crippen LogP contribution in [0, 0.1) is 12.7 Å². The van der Waals surface area contributed by atoms with Crippen molar-refractivity contribution in [3.63, 3.8) is 0 Å². The van der Waals surface area contributed by atoms with Crippen LogP contribution in [-0.2, 0) is 6.42 Å². The molecule has 0 radical (unpaired) electrons. The van der Waals surface area contributed by atoms with Crippen molar-refractivity contribution in [2.45, 2.75) is 26.4 Å². The van der Waals surface area contributed by atoms with Crippen molar-refractivity contribution >= 4 is 11.6 Å². The van der Waals surface area contributed by atoms with Gasteiger partial charge in [0.1, 0.15) is 5.82 Å². The van der Waals surface area contributed by atoms with Gasteiger partial charge >= 0.3 is 0 Å². The Morgan fingerprint density at radius 1 is 1.54 bits per heavy atom. The summed E-state index contributed by atoms with van der Waals surface area (Å²) in [5.74, 6) is -0.379. The molecule has 0 aliphatic rings.